The summed E-state index contributed by atoms with van der Waals surface area (Å²) < 4.78 is 22.8. The van der Waals surface area contributed by atoms with E-state index in [1.807, 2.05) is 21.1 Å². The first-order valence-electron chi connectivity index (χ1n) is 32.4. The molecule has 9 heteroatoms. The zero-order chi connectivity index (χ0) is 57.6. The fourth-order valence-corrected chi connectivity index (χ4v) is 8.87. The second-order valence-corrected chi connectivity index (χ2v) is 22.7. The van der Waals surface area contributed by atoms with Crippen LogP contribution >= 0.6 is 0 Å². The number of unbranched alkanes of at least 4 members (excludes halogenated alkanes) is 28. The first kappa shape index (κ1) is 75.2. The molecule has 79 heavy (non-hydrogen) atoms. The number of quaternary nitrogens is 1. The maximum Gasteiger partial charge on any atom is 0.306 e. The second-order valence-electron chi connectivity index (χ2n) is 22.7. The number of ether oxygens (including phenoxy) is 4. The van der Waals surface area contributed by atoms with Crippen LogP contribution in [0.1, 0.15) is 271 Å². The maximum absolute atomic E-state index is 12.9. The van der Waals surface area contributed by atoms with Gasteiger partial charge in [0.05, 0.1) is 40.3 Å². The number of nitrogens with zero attached hydrogens (tertiary/aromatic N) is 1. The van der Waals surface area contributed by atoms with Gasteiger partial charge in [0.25, 0.3) is 0 Å². The van der Waals surface area contributed by atoms with Crippen molar-refractivity contribution in [3.8, 4) is 0 Å². The zero-order valence-corrected chi connectivity index (χ0v) is 51.7. The molecule has 0 saturated carbocycles. The fraction of sp³-hybridized carbons (Fsp3) is 0.729. The molecule has 0 aliphatic rings. The third kappa shape index (κ3) is 61.7. The van der Waals surface area contributed by atoms with Crippen molar-refractivity contribution < 1.29 is 42.9 Å². The van der Waals surface area contributed by atoms with Crippen LogP contribution in [-0.2, 0) is 33.3 Å². The largest absolute Gasteiger partial charge is 0.545 e. The lowest BCUT2D eigenvalue weighted by atomic mass is 10.0. The van der Waals surface area contributed by atoms with E-state index in [9.17, 15) is 19.5 Å². The number of carboxylic acid groups (broad SMARTS) is 1. The number of aliphatic carboxylic acids is 1. The van der Waals surface area contributed by atoms with E-state index in [1.165, 1.54) is 154 Å². The quantitative estimate of drug-likeness (QED) is 0.0195. The second kappa shape index (κ2) is 60.3. The zero-order valence-electron chi connectivity index (χ0n) is 51.7. The Morgan fingerprint density at radius 3 is 1.08 bits per heavy atom. The molecule has 9 nitrogen and oxygen atoms in total. The first-order valence-corrected chi connectivity index (χ1v) is 32.4. The van der Waals surface area contributed by atoms with E-state index in [4.69, 9.17) is 18.9 Å². The standard InChI is InChI=1S/C70H121NO8/c1-6-8-10-12-14-16-18-20-22-24-26-28-30-31-32-33-34-35-36-37-39-41-43-45-47-49-51-53-55-57-59-61-68(73)79-66(65-78-70(69(74)75)76-63-62-71(3,4)5)64-77-67(72)60-58-56-54-52-50-48-46-44-42-40-38-29-27-25-23-21-19-17-15-13-11-9-7-2/h8,10,14,16,19-22,25-28,31-32,34-35,66,70H,6-7,9,11-13,15,17-18,23-24,29-30,33,36-65H2,1-5H3/b10-8-,16-14-,21-19-,22-20-,27-25-,28-26-,32-31-,35-34-. The van der Waals surface area contributed by atoms with Gasteiger partial charge in [0.2, 0.25) is 0 Å². The summed E-state index contributed by atoms with van der Waals surface area (Å²) in [4.78, 5) is 37.4. The average Bonchev–Trinajstić information content (AvgIpc) is 3.42. The molecular weight excluding hydrogens is 983 g/mol. The molecule has 0 heterocycles. The van der Waals surface area contributed by atoms with Crippen molar-refractivity contribution in [3.63, 3.8) is 0 Å². The Kier molecular flexibility index (Phi) is 57.4. The van der Waals surface area contributed by atoms with Gasteiger partial charge in [-0.3, -0.25) is 9.59 Å². The number of likely N-dealkylation sites (N-methyl/N-ethyl adjacent to an activating group) is 1. The molecule has 2 unspecified atom stereocenters. The van der Waals surface area contributed by atoms with E-state index in [-0.39, 0.29) is 38.6 Å². The van der Waals surface area contributed by atoms with Crippen molar-refractivity contribution in [2.45, 2.75) is 283 Å². The third-order valence-electron chi connectivity index (χ3n) is 13.8. The minimum absolute atomic E-state index is 0.144. The van der Waals surface area contributed by atoms with Crippen LogP contribution in [0.15, 0.2) is 97.2 Å². The van der Waals surface area contributed by atoms with E-state index < -0.39 is 24.3 Å². The van der Waals surface area contributed by atoms with Crippen molar-refractivity contribution in [1.82, 2.24) is 0 Å². The molecule has 0 aromatic carbocycles. The molecule has 0 aromatic heterocycles. The third-order valence-corrected chi connectivity index (χ3v) is 13.8. The molecular formula is C70H121NO8. The Morgan fingerprint density at radius 1 is 0.392 bits per heavy atom. The number of carbonyl (C=O) groups excluding carboxylic acids is 3. The summed E-state index contributed by atoms with van der Waals surface area (Å²) in [6, 6.07) is 0. The Balaban J connectivity index is 4.19. The summed E-state index contributed by atoms with van der Waals surface area (Å²) in [6.07, 6.45) is 78.9. The van der Waals surface area contributed by atoms with Gasteiger partial charge in [-0.1, -0.05) is 259 Å². The molecule has 0 spiro atoms. The van der Waals surface area contributed by atoms with Crippen molar-refractivity contribution in [2.75, 3.05) is 47.5 Å². The number of hydrogen-bond acceptors (Lipinski definition) is 8. The topological polar surface area (TPSA) is 111 Å². The van der Waals surface area contributed by atoms with Crippen LogP contribution in [0.4, 0.5) is 0 Å². The highest BCUT2D eigenvalue weighted by Gasteiger charge is 2.22. The van der Waals surface area contributed by atoms with Crippen LogP contribution in [0, 0.1) is 0 Å². The minimum atomic E-state index is -1.63. The Hall–Kier alpha value is -3.79. The predicted octanol–water partition coefficient (Wildman–Crippen LogP) is 18.4. The molecule has 0 N–H and O–H groups in total. The molecule has 0 aromatic rings. The number of rotatable bonds is 59. The Bertz CT molecular complexity index is 1620. The number of esters is 2. The van der Waals surface area contributed by atoms with Gasteiger partial charge in [-0.25, -0.2) is 0 Å². The van der Waals surface area contributed by atoms with Gasteiger partial charge in [0.1, 0.15) is 13.2 Å². The first-order chi connectivity index (χ1) is 38.6. The molecule has 0 radical (unpaired) electrons. The van der Waals surface area contributed by atoms with Crippen LogP contribution in [0.25, 0.3) is 0 Å². The highest BCUT2D eigenvalue weighted by Crippen LogP contribution is 2.16. The van der Waals surface area contributed by atoms with Crippen LogP contribution in [0.5, 0.6) is 0 Å². The van der Waals surface area contributed by atoms with E-state index in [0.29, 0.717) is 17.4 Å². The molecule has 454 valence electrons. The highest BCUT2D eigenvalue weighted by atomic mass is 16.7. The summed E-state index contributed by atoms with van der Waals surface area (Å²) in [6.45, 7) is 4.64. The predicted molar refractivity (Wildman–Crippen MR) is 334 cm³/mol. The van der Waals surface area contributed by atoms with Crippen molar-refractivity contribution >= 4 is 17.9 Å². The van der Waals surface area contributed by atoms with Gasteiger partial charge < -0.3 is 33.3 Å². The molecule has 0 fully saturated rings. The summed E-state index contributed by atoms with van der Waals surface area (Å²) in [5.74, 6) is -2.29. The van der Waals surface area contributed by atoms with Gasteiger partial charge >= 0.3 is 11.9 Å². The molecule has 0 aliphatic heterocycles. The Labute approximate surface area is 486 Å². The highest BCUT2D eigenvalue weighted by molar-refractivity contribution is 5.70. The van der Waals surface area contributed by atoms with E-state index >= 15 is 0 Å². The summed E-state index contributed by atoms with van der Waals surface area (Å²) >= 11 is 0. The van der Waals surface area contributed by atoms with Crippen LogP contribution in [-0.4, -0.2) is 82.3 Å². The fourth-order valence-electron chi connectivity index (χ4n) is 8.87. The number of carbonyl (C=O) groups is 3. The monoisotopic (exact) mass is 1100 g/mol. The van der Waals surface area contributed by atoms with Crippen molar-refractivity contribution in [1.29, 1.82) is 0 Å². The van der Waals surface area contributed by atoms with Crippen LogP contribution in [0.2, 0.25) is 0 Å². The van der Waals surface area contributed by atoms with E-state index in [2.05, 4.69) is 111 Å². The average molecular weight is 1100 g/mol. The molecule has 0 rings (SSSR count). The molecule has 0 saturated heterocycles. The minimum Gasteiger partial charge on any atom is -0.545 e. The SMILES string of the molecule is CC/C=C\C/C=C\C/C=C\C/C=C\C/C=C\C/C=C\CCCCCCCCCCCCCCC(=O)OC(COC(=O)CCCCCCCCCCCCC/C=C\C/C=C\CCCCCCC)COC(OCC[N+](C)(C)C)C(=O)[O-]. The maximum atomic E-state index is 12.9. The lowest BCUT2D eigenvalue weighted by Crippen LogP contribution is -2.44. The molecule has 0 amide bonds. The van der Waals surface area contributed by atoms with Gasteiger partial charge in [0, 0.05) is 12.8 Å². The summed E-state index contributed by atoms with van der Waals surface area (Å²) in [5, 5.41) is 11.8. The van der Waals surface area contributed by atoms with E-state index in [1.54, 1.807) is 0 Å². The summed E-state index contributed by atoms with van der Waals surface area (Å²) in [5.41, 5.74) is 0. The van der Waals surface area contributed by atoms with E-state index in [0.717, 1.165) is 83.5 Å². The van der Waals surface area contributed by atoms with Crippen LogP contribution in [0.3, 0.4) is 0 Å². The van der Waals surface area contributed by atoms with Gasteiger partial charge in [-0.2, -0.15) is 0 Å². The van der Waals surface area contributed by atoms with Crippen molar-refractivity contribution in [3.05, 3.63) is 97.2 Å². The number of allylic oxidation sites excluding steroid dienone is 16. The smallest absolute Gasteiger partial charge is 0.306 e. The summed E-state index contributed by atoms with van der Waals surface area (Å²) in [7, 11) is 5.92. The molecule has 0 bridgehead atoms. The lowest BCUT2D eigenvalue weighted by Gasteiger charge is -2.26. The Morgan fingerprint density at radius 2 is 0.722 bits per heavy atom. The number of carboxylic acids is 1. The molecule has 2 atom stereocenters. The molecule has 0 aliphatic carbocycles. The van der Waals surface area contributed by atoms with Crippen molar-refractivity contribution in [2.24, 2.45) is 0 Å². The lowest BCUT2D eigenvalue weighted by molar-refractivity contribution is -0.870. The van der Waals surface area contributed by atoms with Gasteiger partial charge in [-0.05, 0) is 96.3 Å². The van der Waals surface area contributed by atoms with Gasteiger partial charge in [-0.15, -0.1) is 0 Å². The number of hydrogen-bond donors (Lipinski definition) is 0. The normalized spacial score (nSPS) is 13.4. The van der Waals surface area contributed by atoms with Gasteiger partial charge in [0.15, 0.2) is 12.4 Å². The van der Waals surface area contributed by atoms with Crippen LogP contribution < -0.4 is 5.11 Å².